The third kappa shape index (κ3) is 1.54. The van der Waals surface area contributed by atoms with E-state index in [0.29, 0.717) is 11.5 Å². The van der Waals surface area contributed by atoms with E-state index in [0.717, 1.165) is 11.0 Å². The van der Waals surface area contributed by atoms with E-state index in [1.165, 1.54) is 0 Å². The normalized spacial score (nSPS) is 10.3. The second kappa shape index (κ2) is 3.72. The van der Waals surface area contributed by atoms with Gasteiger partial charge in [0.1, 0.15) is 11.8 Å². The van der Waals surface area contributed by atoms with Crippen LogP contribution in [-0.4, -0.2) is 14.5 Å². The van der Waals surface area contributed by atoms with Crippen LogP contribution in [0.1, 0.15) is 5.69 Å². The number of hydrogen-bond acceptors (Lipinski definition) is 3. The van der Waals surface area contributed by atoms with Gasteiger partial charge in [0, 0.05) is 6.20 Å². The van der Waals surface area contributed by atoms with Gasteiger partial charge >= 0.3 is 0 Å². The molecule has 2 aromatic heterocycles. The molecule has 0 bridgehead atoms. The second-order valence-electron chi connectivity index (χ2n) is 3.59. The molecule has 3 rings (SSSR count). The highest BCUT2D eigenvalue weighted by molar-refractivity contribution is 5.74. The van der Waals surface area contributed by atoms with Crippen LogP contribution in [0.15, 0.2) is 48.8 Å². The monoisotopic (exact) mass is 220 g/mol. The molecule has 4 nitrogen and oxygen atoms in total. The summed E-state index contributed by atoms with van der Waals surface area (Å²) in [6.07, 6.45) is 3.47. The topological polar surface area (TPSA) is 54.5 Å². The Hall–Kier alpha value is -2.67. The van der Waals surface area contributed by atoms with Crippen LogP contribution in [0.3, 0.4) is 0 Å². The zero-order chi connectivity index (χ0) is 11.7. The summed E-state index contributed by atoms with van der Waals surface area (Å²) in [5.74, 6) is 0.658. The Bertz CT molecular complexity index is 721. The van der Waals surface area contributed by atoms with Gasteiger partial charge < -0.3 is 0 Å². The van der Waals surface area contributed by atoms with Crippen molar-refractivity contribution >= 4 is 11.0 Å². The lowest BCUT2D eigenvalue weighted by Crippen LogP contribution is -1.99. The summed E-state index contributed by atoms with van der Waals surface area (Å²) in [7, 11) is 0. The van der Waals surface area contributed by atoms with Crippen molar-refractivity contribution in [2.75, 3.05) is 0 Å². The van der Waals surface area contributed by atoms with E-state index < -0.39 is 0 Å². The summed E-state index contributed by atoms with van der Waals surface area (Å²) in [5, 5.41) is 8.96. The lowest BCUT2D eigenvalue weighted by atomic mass is 10.3. The Balaban J connectivity index is 2.22. The van der Waals surface area contributed by atoms with E-state index in [-0.39, 0.29) is 0 Å². The van der Waals surface area contributed by atoms with Crippen LogP contribution < -0.4 is 0 Å². The molecule has 0 aliphatic rings. The van der Waals surface area contributed by atoms with Crippen LogP contribution >= 0.6 is 0 Å². The molecule has 0 saturated heterocycles. The van der Waals surface area contributed by atoms with Gasteiger partial charge in [-0.1, -0.05) is 12.1 Å². The van der Waals surface area contributed by atoms with Gasteiger partial charge in [0.2, 0.25) is 0 Å². The Morgan fingerprint density at radius 3 is 2.71 bits per heavy atom. The standard InChI is InChI=1S/C13H8N4/c14-8-10-4-3-7-17(10)13-9-15-11-5-1-2-6-12(11)16-13/h1-7,9H. The maximum Gasteiger partial charge on any atom is 0.156 e. The number of nitrogens with zero attached hydrogens (tertiary/aromatic N) is 4. The lowest BCUT2D eigenvalue weighted by Gasteiger charge is -2.04. The molecular formula is C13H8N4. The molecule has 0 amide bonds. The molecule has 0 saturated carbocycles. The molecule has 0 aliphatic carbocycles. The van der Waals surface area contributed by atoms with E-state index in [1.54, 1.807) is 23.0 Å². The minimum atomic E-state index is 0.551. The molecule has 2 heterocycles. The molecule has 4 heteroatoms. The fraction of sp³-hybridized carbons (Fsp3) is 0. The first-order valence-corrected chi connectivity index (χ1v) is 5.18. The Kier molecular flexibility index (Phi) is 2.09. The predicted octanol–water partition coefficient (Wildman–Crippen LogP) is 2.29. The molecule has 0 fully saturated rings. The maximum absolute atomic E-state index is 8.96. The largest absolute Gasteiger partial charge is 0.291 e. The number of fused-ring (bicyclic) bond motifs is 1. The van der Waals surface area contributed by atoms with Crippen molar-refractivity contribution in [3.63, 3.8) is 0 Å². The molecule has 0 aliphatic heterocycles. The highest BCUT2D eigenvalue weighted by Gasteiger charge is 2.04. The second-order valence-corrected chi connectivity index (χ2v) is 3.59. The van der Waals surface area contributed by atoms with Gasteiger partial charge in [-0.3, -0.25) is 9.55 Å². The fourth-order valence-corrected chi connectivity index (χ4v) is 1.74. The molecule has 0 N–H and O–H groups in total. The fourth-order valence-electron chi connectivity index (χ4n) is 1.74. The highest BCUT2D eigenvalue weighted by atomic mass is 15.1. The van der Waals surface area contributed by atoms with E-state index in [9.17, 15) is 0 Å². The average Bonchev–Trinajstić information content (AvgIpc) is 2.86. The smallest absolute Gasteiger partial charge is 0.156 e. The lowest BCUT2D eigenvalue weighted by molar-refractivity contribution is 0.986. The van der Waals surface area contributed by atoms with Crippen molar-refractivity contribution in [1.29, 1.82) is 5.26 Å². The number of para-hydroxylation sites is 2. The van der Waals surface area contributed by atoms with Crippen molar-refractivity contribution in [2.24, 2.45) is 0 Å². The quantitative estimate of drug-likeness (QED) is 0.632. The highest BCUT2D eigenvalue weighted by Crippen LogP contribution is 2.13. The maximum atomic E-state index is 8.96. The average molecular weight is 220 g/mol. The van der Waals surface area contributed by atoms with Crippen LogP contribution in [-0.2, 0) is 0 Å². The first-order valence-electron chi connectivity index (χ1n) is 5.18. The van der Waals surface area contributed by atoms with Gasteiger partial charge in [0.25, 0.3) is 0 Å². The third-order valence-electron chi connectivity index (χ3n) is 2.55. The number of benzene rings is 1. The summed E-state index contributed by atoms with van der Waals surface area (Å²) in [4.78, 5) is 8.80. The van der Waals surface area contributed by atoms with Crippen LogP contribution in [0.2, 0.25) is 0 Å². The Morgan fingerprint density at radius 2 is 1.88 bits per heavy atom. The van der Waals surface area contributed by atoms with E-state index >= 15 is 0 Å². The molecule has 0 unspecified atom stereocenters. The molecule has 1 aromatic carbocycles. The first kappa shape index (κ1) is 9.55. The van der Waals surface area contributed by atoms with Crippen molar-refractivity contribution < 1.29 is 0 Å². The van der Waals surface area contributed by atoms with Crippen LogP contribution in [0.25, 0.3) is 16.9 Å². The van der Waals surface area contributed by atoms with Crippen LogP contribution in [0.4, 0.5) is 0 Å². The molecule has 0 spiro atoms. The van der Waals surface area contributed by atoms with Gasteiger partial charge in [-0.2, -0.15) is 5.26 Å². The van der Waals surface area contributed by atoms with E-state index in [2.05, 4.69) is 16.0 Å². The summed E-state index contributed by atoms with van der Waals surface area (Å²) >= 11 is 0. The van der Waals surface area contributed by atoms with Gasteiger partial charge in [0.15, 0.2) is 5.82 Å². The summed E-state index contributed by atoms with van der Waals surface area (Å²) in [5.41, 5.74) is 2.22. The molecule has 0 atom stereocenters. The zero-order valence-electron chi connectivity index (χ0n) is 8.91. The Labute approximate surface area is 97.8 Å². The van der Waals surface area contributed by atoms with Crippen molar-refractivity contribution in [3.8, 4) is 11.9 Å². The SMILES string of the molecule is N#Cc1cccn1-c1cnc2ccccc2n1. The number of rotatable bonds is 1. The molecule has 3 aromatic rings. The van der Waals surface area contributed by atoms with E-state index in [1.807, 2.05) is 30.3 Å². The molecular weight excluding hydrogens is 212 g/mol. The molecule has 17 heavy (non-hydrogen) atoms. The number of nitriles is 1. The van der Waals surface area contributed by atoms with Gasteiger partial charge in [-0.25, -0.2) is 4.98 Å². The molecule has 0 radical (unpaired) electrons. The van der Waals surface area contributed by atoms with Gasteiger partial charge in [-0.15, -0.1) is 0 Å². The molecule has 80 valence electrons. The van der Waals surface area contributed by atoms with Gasteiger partial charge in [-0.05, 0) is 24.3 Å². The zero-order valence-corrected chi connectivity index (χ0v) is 8.91. The van der Waals surface area contributed by atoms with Crippen molar-refractivity contribution in [1.82, 2.24) is 14.5 Å². The summed E-state index contributed by atoms with van der Waals surface area (Å²) < 4.78 is 1.72. The first-order chi connectivity index (χ1) is 8.38. The minimum Gasteiger partial charge on any atom is -0.291 e. The predicted molar refractivity (Wildman–Crippen MR) is 63.6 cm³/mol. The van der Waals surface area contributed by atoms with Crippen molar-refractivity contribution in [2.45, 2.75) is 0 Å². The Morgan fingerprint density at radius 1 is 1.06 bits per heavy atom. The number of aromatic nitrogens is 3. The minimum absolute atomic E-state index is 0.551. The van der Waals surface area contributed by atoms with Crippen LogP contribution in [0, 0.1) is 11.3 Å². The van der Waals surface area contributed by atoms with Crippen LogP contribution in [0.5, 0.6) is 0 Å². The summed E-state index contributed by atoms with van der Waals surface area (Å²) in [6.45, 7) is 0. The number of hydrogen-bond donors (Lipinski definition) is 0. The van der Waals surface area contributed by atoms with Crippen molar-refractivity contribution in [3.05, 3.63) is 54.5 Å². The summed E-state index contributed by atoms with van der Waals surface area (Å²) in [6, 6.07) is 13.3. The van der Waals surface area contributed by atoms with E-state index in [4.69, 9.17) is 5.26 Å². The third-order valence-corrected chi connectivity index (χ3v) is 2.55. The van der Waals surface area contributed by atoms with Gasteiger partial charge in [0.05, 0.1) is 17.2 Å².